The fourth-order valence-corrected chi connectivity index (χ4v) is 3.01. The van der Waals surface area contributed by atoms with Crippen LogP contribution >= 0.6 is 11.8 Å². The van der Waals surface area contributed by atoms with Crippen molar-refractivity contribution < 1.29 is 4.79 Å². The van der Waals surface area contributed by atoms with Gasteiger partial charge >= 0.3 is 0 Å². The number of nitrogens with zero attached hydrogens (tertiary/aromatic N) is 1. The van der Waals surface area contributed by atoms with Crippen LogP contribution < -0.4 is 16.6 Å². The first-order chi connectivity index (χ1) is 9.63. The first-order valence-corrected chi connectivity index (χ1v) is 7.15. The van der Waals surface area contributed by atoms with Gasteiger partial charge in [0.25, 0.3) is 5.56 Å². The van der Waals surface area contributed by atoms with Crippen LogP contribution in [-0.4, -0.2) is 15.9 Å². The standard InChI is InChI=1S/C13H12N4O2S/c14-11(18)7-1-3-8(4-2-7)15-13-16-10-6-20-5-9(10)12(19)17-13/h1-4H,5-6H2,(H2,14,18)(H2,15,16,17,19). The Balaban J connectivity index is 1.86. The number of rotatable bonds is 3. The fraction of sp³-hybridized carbons (Fsp3) is 0.154. The molecule has 6 nitrogen and oxygen atoms in total. The van der Waals surface area contributed by atoms with Crippen LogP contribution in [0.3, 0.4) is 0 Å². The van der Waals surface area contributed by atoms with Crippen LogP contribution in [0.15, 0.2) is 29.1 Å². The number of carbonyl (C=O) groups excluding carboxylic acids is 1. The van der Waals surface area contributed by atoms with Gasteiger partial charge in [0.05, 0.1) is 5.69 Å². The van der Waals surface area contributed by atoms with E-state index in [0.717, 1.165) is 22.7 Å². The summed E-state index contributed by atoms with van der Waals surface area (Å²) in [6, 6.07) is 6.65. The average molecular weight is 288 g/mol. The number of benzene rings is 1. The molecule has 0 spiro atoms. The van der Waals surface area contributed by atoms with Crippen molar-refractivity contribution in [2.45, 2.75) is 11.5 Å². The van der Waals surface area contributed by atoms with Crippen molar-refractivity contribution in [1.29, 1.82) is 0 Å². The van der Waals surface area contributed by atoms with E-state index in [9.17, 15) is 9.59 Å². The van der Waals surface area contributed by atoms with Gasteiger partial charge in [-0.15, -0.1) is 0 Å². The predicted octanol–water partition coefficient (Wildman–Crippen LogP) is 1.36. The second kappa shape index (κ2) is 5.01. The van der Waals surface area contributed by atoms with E-state index < -0.39 is 5.91 Å². The summed E-state index contributed by atoms with van der Waals surface area (Å²) in [5, 5.41) is 3.01. The van der Waals surface area contributed by atoms with Crippen molar-refractivity contribution >= 4 is 29.3 Å². The zero-order valence-corrected chi connectivity index (χ0v) is 11.3. The van der Waals surface area contributed by atoms with Crippen LogP contribution in [0.2, 0.25) is 0 Å². The Hall–Kier alpha value is -2.28. The number of thioether (sulfide) groups is 1. The molecule has 1 aliphatic rings. The lowest BCUT2D eigenvalue weighted by molar-refractivity contribution is 0.100. The Bertz CT molecular complexity index is 724. The normalized spacial score (nSPS) is 13.0. The number of H-pyrrole nitrogens is 1. The lowest BCUT2D eigenvalue weighted by Gasteiger charge is -2.07. The first kappa shape index (κ1) is 12.7. The molecule has 20 heavy (non-hydrogen) atoms. The molecule has 1 aromatic heterocycles. The number of nitrogens with two attached hydrogens (primary N) is 1. The second-order valence-electron chi connectivity index (χ2n) is 4.40. The molecule has 0 bridgehead atoms. The van der Waals surface area contributed by atoms with Crippen LogP contribution in [0.4, 0.5) is 11.6 Å². The van der Waals surface area contributed by atoms with Crippen LogP contribution in [0.25, 0.3) is 0 Å². The molecule has 0 saturated carbocycles. The Morgan fingerprint density at radius 1 is 1.30 bits per heavy atom. The molecule has 0 unspecified atom stereocenters. The summed E-state index contributed by atoms with van der Waals surface area (Å²) >= 11 is 1.68. The van der Waals surface area contributed by atoms with E-state index in [1.54, 1.807) is 36.0 Å². The first-order valence-electron chi connectivity index (χ1n) is 6.00. The highest BCUT2D eigenvalue weighted by molar-refractivity contribution is 7.98. The molecule has 1 aliphatic heterocycles. The molecule has 0 atom stereocenters. The fourth-order valence-electron chi connectivity index (χ4n) is 1.98. The largest absolute Gasteiger partial charge is 0.366 e. The molecule has 0 fully saturated rings. The third-order valence-electron chi connectivity index (χ3n) is 3.02. The van der Waals surface area contributed by atoms with Gasteiger partial charge in [0, 0.05) is 28.3 Å². The Morgan fingerprint density at radius 2 is 2.05 bits per heavy atom. The maximum atomic E-state index is 11.9. The number of anilines is 2. The van der Waals surface area contributed by atoms with Gasteiger partial charge in [-0.1, -0.05) is 0 Å². The molecule has 0 radical (unpaired) electrons. The van der Waals surface area contributed by atoms with Crippen LogP contribution in [0, 0.1) is 0 Å². The Kier molecular flexibility index (Phi) is 3.19. The minimum absolute atomic E-state index is 0.101. The number of hydrogen-bond donors (Lipinski definition) is 3. The zero-order chi connectivity index (χ0) is 14.1. The minimum Gasteiger partial charge on any atom is -0.366 e. The number of fused-ring (bicyclic) bond motifs is 1. The Morgan fingerprint density at radius 3 is 2.75 bits per heavy atom. The third-order valence-corrected chi connectivity index (χ3v) is 3.99. The molecule has 2 heterocycles. The summed E-state index contributed by atoms with van der Waals surface area (Å²) in [6.45, 7) is 0. The number of primary amides is 1. The Labute approximate surface area is 118 Å². The second-order valence-corrected chi connectivity index (χ2v) is 5.38. The van der Waals surface area contributed by atoms with Gasteiger partial charge in [-0.3, -0.25) is 14.6 Å². The van der Waals surface area contributed by atoms with Crippen molar-refractivity contribution in [1.82, 2.24) is 9.97 Å². The van der Waals surface area contributed by atoms with Crippen molar-refractivity contribution in [3.63, 3.8) is 0 Å². The summed E-state index contributed by atoms with van der Waals surface area (Å²) in [4.78, 5) is 29.9. The maximum Gasteiger partial charge on any atom is 0.256 e. The number of aromatic nitrogens is 2. The van der Waals surface area contributed by atoms with E-state index in [0.29, 0.717) is 17.3 Å². The molecule has 0 saturated heterocycles. The highest BCUT2D eigenvalue weighted by atomic mass is 32.2. The number of nitrogens with one attached hydrogen (secondary N) is 2. The molecule has 1 amide bonds. The highest BCUT2D eigenvalue weighted by Crippen LogP contribution is 2.26. The number of carbonyl (C=O) groups is 1. The van der Waals surface area contributed by atoms with E-state index in [-0.39, 0.29) is 5.56 Å². The molecule has 2 aromatic rings. The average Bonchev–Trinajstić information content (AvgIpc) is 2.88. The van der Waals surface area contributed by atoms with E-state index >= 15 is 0 Å². The van der Waals surface area contributed by atoms with Crippen LogP contribution in [0.1, 0.15) is 21.6 Å². The van der Waals surface area contributed by atoms with Crippen LogP contribution in [0.5, 0.6) is 0 Å². The summed E-state index contributed by atoms with van der Waals surface area (Å²) < 4.78 is 0. The summed E-state index contributed by atoms with van der Waals surface area (Å²) in [5.41, 5.74) is 7.82. The molecular weight excluding hydrogens is 276 g/mol. The minimum atomic E-state index is -0.474. The molecule has 0 aliphatic carbocycles. The van der Waals surface area contributed by atoms with Crippen molar-refractivity contribution in [3.8, 4) is 0 Å². The van der Waals surface area contributed by atoms with Gasteiger partial charge in [-0.2, -0.15) is 11.8 Å². The number of hydrogen-bond acceptors (Lipinski definition) is 5. The van der Waals surface area contributed by atoms with E-state index in [2.05, 4.69) is 15.3 Å². The van der Waals surface area contributed by atoms with Crippen molar-refractivity contribution in [2.24, 2.45) is 5.73 Å². The van der Waals surface area contributed by atoms with E-state index in [1.807, 2.05) is 0 Å². The molecule has 4 N–H and O–H groups in total. The molecule has 1 aromatic carbocycles. The monoisotopic (exact) mass is 288 g/mol. The van der Waals surface area contributed by atoms with Crippen molar-refractivity contribution in [2.75, 3.05) is 5.32 Å². The van der Waals surface area contributed by atoms with Crippen LogP contribution in [-0.2, 0) is 11.5 Å². The van der Waals surface area contributed by atoms with Crippen molar-refractivity contribution in [3.05, 3.63) is 51.4 Å². The summed E-state index contributed by atoms with van der Waals surface area (Å²) in [6.07, 6.45) is 0. The lowest BCUT2D eigenvalue weighted by Crippen LogP contribution is -2.16. The van der Waals surface area contributed by atoms with Gasteiger partial charge in [0.1, 0.15) is 0 Å². The predicted molar refractivity (Wildman–Crippen MR) is 78.1 cm³/mol. The molecule has 7 heteroatoms. The molecule has 3 rings (SSSR count). The molecule has 102 valence electrons. The van der Waals surface area contributed by atoms with Gasteiger partial charge in [-0.05, 0) is 24.3 Å². The number of aromatic amines is 1. The summed E-state index contributed by atoms with van der Waals surface area (Å²) in [7, 11) is 0. The highest BCUT2D eigenvalue weighted by Gasteiger charge is 2.17. The van der Waals surface area contributed by atoms with Gasteiger partial charge in [0.15, 0.2) is 0 Å². The lowest BCUT2D eigenvalue weighted by atomic mass is 10.2. The van der Waals surface area contributed by atoms with Gasteiger partial charge < -0.3 is 11.1 Å². The smallest absolute Gasteiger partial charge is 0.256 e. The number of amides is 1. The summed E-state index contributed by atoms with van der Waals surface area (Å²) in [5.74, 6) is 1.40. The zero-order valence-electron chi connectivity index (χ0n) is 10.5. The van der Waals surface area contributed by atoms with Gasteiger partial charge in [-0.25, -0.2) is 4.98 Å². The molecular formula is C13H12N4O2S. The van der Waals surface area contributed by atoms with E-state index in [4.69, 9.17) is 5.73 Å². The third kappa shape index (κ3) is 2.39. The topological polar surface area (TPSA) is 101 Å². The quantitative estimate of drug-likeness (QED) is 0.791. The van der Waals surface area contributed by atoms with E-state index in [1.165, 1.54) is 0 Å². The van der Waals surface area contributed by atoms with Gasteiger partial charge in [0.2, 0.25) is 11.9 Å². The maximum absolute atomic E-state index is 11.9. The SMILES string of the molecule is NC(=O)c1ccc(Nc2nc3c(c(=O)[nH]2)CSC3)cc1.